The number of aliphatic hydroxyl groups is 1. The predicted molar refractivity (Wildman–Crippen MR) is 143 cm³/mol. The molecule has 1 amide bonds. The third kappa shape index (κ3) is 5.06. The minimum Gasteiger partial charge on any atom is -0.507 e. The van der Waals surface area contributed by atoms with Gasteiger partial charge in [0.2, 0.25) is 0 Å². The van der Waals surface area contributed by atoms with Crippen molar-refractivity contribution in [2.45, 2.75) is 45.7 Å². The number of ketones is 1. The average molecular weight is 522 g/mol. The molecule has 194 valence electrons. The van der Waals surface area contributed by atoms with Crippen LogP contribution in [0.15, 0.2) is 59.5 Å². The fourth-order valence-electron chi connectivity index (χ4n) is 4.44. The maximum absolute atomic E-state index is 13.5. The van der Waals surface area contributed by atoms with Gasteiger partial charge in [-0.05, 0) is 59.2 Å². The number of ether oxygens (including phenoxy) is 2. The number of amides is 1. The van der Waals surface area contributed by atoms with Crippen molar-refractivity contribution in [3.63, 3.8) is 0 Å². The summed E-state index contributed by atoms with van der Waals surface area (Å²) in [6.07, 6.45) is 0. The van der Waals surface area contributed by atoms with Crippen molar-refractivity contribution in [2.24, 2.45) is 0 Å². The van der Waals surface area contributed by atoms with Crippen LogP contribution in [-0.4, -0.2) is 40.5 Å². The van der Waals surface area contributed by atoms with Crippen molar-refractivity contribution in [3.8, 4) is 17.2 Å². The second-order valence-electron chi connectivity index (χ2n) is 9.83. The van der Waals surface area contributed by atoms with Crippen LogP contribution in [0.4, 0.5) is 0 Å². The third-order valence-corrected chi connectivity index (χ3v) is 7.23. The summed E-state index contributed by atoms with van der Waals surface area (Å²) < 4.78 is 11.1. The van der Waals surface area contributed by atoms with Gasteiger partial charge in [-0.1, -0.05) is 39.0 Å². The quantitative estimate of drug-likeness (QED) is 0.232. The van der Waals surface area contributed by atoms with E-state index in [4.69, 9.17) is 9.47 Å². The van der Waals surface area contributed by atoms with Crippen LogP contribution in [0.3, 0.4) is 0 Å². The Morgan fingerprint density at radius 3 is 2.46 bits per heavy atom. The number of carbonyl (C=O) groups excluding carboxylic acids is 2. The van der Waals surface area contributed by atoms with Gasteiger partial charge in [-0.3, -0.25) is 9.59 Å². The number of rotatable bonds is 7. The number of Topliss-reactive ketones (excluding diaryl/α,β-unsaturated/α-hetero) is 1. The second kappa shape index (κ2) is 10.3. The van der Waals surface area contributed by atoms with E-state index in [9.17, 15) is 19.8 Å². The number of aliphatic hydroxyl groups excluding tert-OH is 1. The summed E-state index contributed by atoms with van der Waals surface area (Å²) in [5, 5.41) is 23.8. The van der Waals surface area contributed by atoms with E-state index >= 15 is 0 Å². The van der Waals surface area contributed by atoms with Crippen LogP contribution in [0.5, 0.6) is 17.2 Å². The molecule has 37 heavy (non-hydrogen) atoms. The Hall–Kier alpha value is -3.78. The number of carbonyl (C=O) groups is 2. The number of nitrogens with zero attached hydrogens (tertiary/aromatic N) is 1. The number of methoxy groups -OCH3 is 1. The van der Waals surface area contributed by atoms with Gasteiger partial charge < -0.3 is 24.6 Å². The highest BCUT2D eigenvalue weighted by molar-refractivity contribution is 7.09. The van der Waals surface area contributed by atoms with E-state index in [0.717, 1.165) is 10.4 Å². The van der Waals surface area contributed by atoms with Crippen LogP contribution < -0.4 is 9.47 Å². The number of hydrogen-bond acceptors (Lipinski definition) is 7. The van der Waals surface area contributed by atoms with E-state index in [1.54, 1.807) is 31.2 Å². The minimum atomic E-state index is -0.898. The maximum Gasteiger partial charge on any atom is 0.295 e. The molecule has 2 N–H and O–H groups in total. The number of aromatic hydroxyl groups is 1. The Kier molecular flexibility index (Phi) is 7.32. The lowest BCUT2D eigenvalue weighted by molar-refractivity contribution is -0.140. The number of hydrogen-bond donors (Lipinski definition) is 2. The molecule has 2 heterocycles. The number of likely N-dealkylation sites (tertiary alicyclic amines) is 1. The Morgan fingerprint density at radius 1 is 1.08 bits per heavy atom. The summed E-state index contributed by atoms with van der Waals surface area (Å²) in [5.41, 5.74) is 1.53. The van der Waals surface area contributed by atoms with E-state index in [-0.39, 0.29) is 34.8 Å². The molecule has 0 bridgehead atoms. The molecule has 1 unspecified atom stereocenters. The van der Waals surface area contributed by atoms with Crippen LogP contribution >= 0.6 is 11.3 Å². The van der Waals surface area contributed by atoms with Crippen molar-refractivity contribution in [1.82, 2.24) is 4.90 Å². The molecule has 4 rings (SSSR count). The topological polar surface area (TPSA) is 96.3 Å². The fraction of sp³-hybridized carbons (Fsp3) is 0.310. The zero-order valence-electron chi connectivity index (χ0n) is 21.6. The molecule has 1 saturated heterocycles. The molecule has 1 atom stereocenters. The SMILES string of the molecule is CCOc1cc(C2/C(=C(\O)c3cc(C(C)(C)C)ccc3OC)C(=O)C(=O)N2Cc2cccs2)ccc1O. The van der Waals surface area contributed by atoms with Crippen LogP contribution in [-0.2, 0) is 21.5 Å². The first kappa shape index (κ1) is 26.3. The van der Waals surface area contributed by atoms with Gasteiger partial charge in [0.05, 0.1) is 37.4 Å². The molecule has 1 aliphatic heterocycles. The van der Waals surface area contributed by atoms with Crippen molar-refractivity contribution in [2.75, 3.05) is 13.7 Å². The highest BCUT2D eigenvalue weighted by atomic mass is 32.1. The number of benzene rings is 2. The molecular weight excluding hydrogens is 490 g/mol. The summed E-state index contributed by atoms with van der Waals surface area (Å²) in [4.78, 5) is 29.2. The minimum absolute atomic E-state index is 0.0425. The van der Waals surface area contributed by atoms with Gasteiger partial charge >= 0.3 is 0 Å². The normalized spacial score (nSPS) is 17.3. The molecular formula is C29H31NO6S. The summed E-state index contributed by atoms with van der Waals surface area (Å²) >= 11 is 1.47. The zero-order chi connectivity index (χ0) is 26.9. The number of phenols is 1. The largest absolute Gasteiger partial charge is 0.507 e. The van der Waals surface area contributed by atoms with E-state index < -0.39 is 17.7 Å². The molecule has 3 aromatic rings. The number of thiophene rings is 1. The molecule has 7 nitrogen and oxygen atoms in total. The van der Waals surface area contributed by atoms with E-state index in [1.807, 2.05) is 44.4 Å². The van der Waals surface area contributed by atoms with Crippen molar-refractivity contribution >= 4 is 28.8 Å². The van der Waals surface area contributed by atoms with Gasteiger partial charge in [0, 0.05) is 4.88 Å². The summed E-state index contributed by atoms with van der Waals surface area (Å²) in [5.74, 6) is -1.25. The first-order valence-corrected chi connectivity index (χ1v) is 12.9. The van der Waals surface area contributed by atoms with Crippen LogP contribution in [0, 0.1) is 0 Å². The molecule has 1 aromatic heterocycles. The highest BCUT2D eigenvalue weighted by Gasteiger charge is 2.46. The molecule has 1 fully saturated rings. The maximum atomic E-state index is 13.5. The van der Waals surface area contributed by atoms with Crippen molar-refractivity contribution in [3.05, 3.63) is 81.1 Å². The van der Waals surface area contributed by atoms with Gasteiger partial charge in [0.15, 0.2) is 11.5 Å². The molecule has 2 aromatic carbocycles. The third-order valence-electron chi connectivity index (χ3n) is 6.37. The second-order valence-corrected chi connectivity index (χ2v) is 10.9. The number of phenolic OH excluding ortho intramolecular Hbond substituents is 1. The molecule has 0 radical (unpaired) electrons. The Bertz CT molecular complexity index is 1350. The Balaban J connectivity index is 1.95. The highest BCUT2D eigenvalue weighted by Crippen LogP contribution is 2.44. The summed E-state index contributed by atoms with van der Waals surface area (Å²) in [6, 6.07) is 13.0. The molecule has 0 spiro atoms. The van der Waals surface area contributed by atoms with Crippen LogP contribution in [0.25, 0.3) is 5.76 Å². The van der Waals surface area contributed by atoms with E-state index in [1.165, 1.54) is 29.4 Å². The average Bonchev–Trinajstić information content (AvgIpc) is 3.46. The van der Waals surface area contributed by atoms with E-state index in [0.29, 0.717) is 23.5 Å². The molecule has 0 saturated carbocycles. The summed E-state index contributed by atoms with van der Waals surface area (Å²) in [6.45, 7) is 8.44. The van der Waals surface area contributed by atoms with Gasteiger partial charge in [-0.2, -0.15) is 0 Å². The smallest absolute Gasteiger partial charge is 0.295 e. The summed E-state index contributed by atoms with van der Waals surface area (Å²) in [7, 11) is 1.49. The van der Waals surface area contributed by atoms with Gasteiger partial charge in [0.25, 0.3) is 11.7 Å². The van der Waals surface area contributed by atoms with Crippen molar-refractivity contribution < 1.29 is 29.3 Å². The Morgan fingerprint density at radius 2 is 1.84 bits per heavy atom. The van der Waals surface area contributed by atoms with Gasteiger partial charge in [0.1, 0.15) is 11.5 Å². The lowest BCUT2D eigenvalue weighted by atomic mass is 9.85. The van der Waals surface area contributed by atoms with Crippen molar-refractivity contribution in [1.29, 1.82) is 0 Å². The first-order chi connectivity index (χ1) is 17.6. The first-order valence-electron chi connectivity index (χ1n) is 12.0. The fourth-order valence-corrected chi connectivity index (χ4v) is 5.14. The van der Waals surface area contributed by atoms with Gasteiger partial charge in [-0.15, -0.1) is 11.3 Å². The lowest BCUT2D eigenvalue weighted by Gasteiger charge is -2.26. The lowest BCUT2D eigenvalue weighted by Crippen LogP contribution is -2.28. The standard InChI is InChI=1S/C29H31NO6S/c1-6-36-23-14-17(9-11-21(23)31)25-24(27(33)28(34)30(25)16-19-8-7-13-37-19)26(32)20-15-18(29(2,3)4)10-12-22(20)35-5/h7-15,25,31-32H,6,16H2,1-5H3/b26-24+. The van der Waals surface area contributed by atoms with Crippen LogP contribution in [0.1, 0.15) is 55.3 Å². The van der Waals surface area contributed by atoms with Crippen LogP contribution in [0.2, 0.25) is 0 Å². The monoisotopic (exact) mass is 521 g/mol. The van der Waals surface area contributed by atoms with E-state index in [2.05, 4.69) is 0 Å². The zero-order valence-corrected chi connectivity index (χ0v) is 22.4. The molecule has 8 heteroatoms. The Labute approximate surface area is 220 Å². The van der Waals surface area contributed by atoms with Gasteiger partial charge in [-0.25, -0.2) is 0 Å². The molecule has 1 aliphatic rings. The molecule has 0 aliphatic carbocycles. The predicted octanol–water partition coefficient (Wildman–Crippen LogP) is 5.78.